The van der Waals surface area contributed by atoms with Gasteiger partial charge < -0.3 is 10.1 Å². The molecule has 19 heavy (non-hydrogen) atoms. The Hall–Kier alpha value is -0.670. The first-order valence-electron chi connectivity index (χ1n) is 7.34. The second-order valence-electron chi connectivity index (χ2n) is 5.15. The van der Waals surface area contributed by atoms with Gasteiger partial charge in [0.2, 0.25) is 0 Å². The van der Waals surface area contributed by atoms with E-state index in [0.29, 0.717) is 12.1 Å². The average Bonchev–Trinajstić information content (AvgIpc) is 2.89. The van der Waals surface area contributed by atoms with E-state index in [2.05, 4.69) is 44.3 Å². The molecule has 0 spiro atoms. The summed E-state index contributed by atoms with van der Waals surface area (Å²) in [5.41, 5.74) is 2.77. The quantitative estimate of drug-likeness (QED) is 0.820. The van der Waals surface area contributed by atoms with Crippen molar-refractivity contribution in [3.63, 3.8) is 0 Å². The molecule has 0 amide bonds. The van der Waals surface area contributed by atoms with Gasteiger partial charge in [-0.1, -0.05) is 26.0 Å². The summed E-state index contributed by atoms with van der Waals surface area (Å²) in [5, 5.41) is 3.75. The molecule has 2 rings (SSSR count). The largest absolute Gasteiger partial charge is 0.493 e. The Morgan fingerprint density at radius 1 is 1.37 bits per heavy atom. The predicted molar refractivity (Wildman–Crippen MR) is 84.3 cm³/mol. The number of nitrogens with one attached hydrogen (secondary N) is 1. The summed E-state index contributed by atoms with van der Waals surface area (Å²) in [4.78, 5) is 0. The zero-order chi connectivity index (χ0) is 13.7. The summed E-state index contributed by atoms with van der Waals surface area (Å²) in [7, 11) is 0. The smallest absolute Gasteiger partial charge is 0.122 e. The van der Waals surface area contributed by atoms with Gasteiger partial charge in [0.25, 0.3) is 0 Å². The summed E-state index contributed by atoms with van der Waals surface area (Å²) in [6.07, 6.45) is 2.18. The van der Waals surface area contributed by atoms with Gasteiger partial charge in [0, 0.05) is 24.3 Å². The molecule has 1 aliphatic rings. The first kappa shape index (κ1) is 14.7. The fraction of sp³-hybridized carbons (Fsp3) is 0.625. The van der Waals surface area contributed by atoms with E-state index >= 15 is 0 Å². The van der Waals surface area contributed by atoms with Gasteiger partial charge in [-0.05, 0) is 36.3 Å². The lowest BCUT2D eigenvalue weighted by atomic mass is 10.00. The summed E-state index contributed by atoms with van der Waals surface area (Å²) in [6, 6.07) is 7.68. The van der Waals surface area contributed by atoms with Crippen molar-refractivity contribution in [2.45, 2.75) is 45.7 Å². The lowest BCUT2D eigenvalue weighted by Crippen LogP contribution is -2.32. The Bertz CT molecular complexity index is 408. The van der Waals surface area contributed by atoms with Crippen molar-refractivity contribution < 1.29 is 4.74 Å². The molecule has 0 fully saturated rings. The van der Waals surface area contributed by atoms with Crippen LogP contribution in [0, 0.1) is 0 Å². The third kappa shape index (κ3) is 3.90. The molecule has 1 N–H and O–H groups in total. The molecule has 0 saturated heterocycles. The molecule has 1 aliphatic heterocycles. The maximum atomic E-state index is 5.58. The minimum absolute atomic E-state index is 0.457. The van der Waals surface area contributed by atoms with Crippen molar-refractivity contribution in [1.29, 1.82) is 0 Å². The van der Waals surface area contributed by atoms with Gasteiger partial charge in [-0.3, -0.25) is 0 Å². The third-order valence-electron chi connectivity index (χ3n) is 3.58. The maximum Gasteiger partial charge on any atom is 0.122 e. The normalized spacial score (nSPS) is 16.8. The molecular formula is C16H25NOS. The molecule has 0 bridgehead atoms. The minimum Gasteiger partial charge on any atom is -0.493 e. The summed E-state index contributed by atoms with van der Waals surface area (Å²) in [6.45, 7) is 7.59. The molecule has 0 aliphatic carbocycles. The Labute approximate surface area is 121 Å². The van der Waals surface area contributed by atoms with Crippen LogP contribution >= 0.6 is 11.8 Å². The van der Waals surface area contributed by atoms with Crippen LogP contribution < -0.4 is 10.1 Å². The number of hydrogen-bond donors (Lipinski definition) is 1. The summed E-state index contributed by atoms with van der Waals surface area (Å²) in [5.74, 6) is 3.45. The summed E-state index contributed by atoms with van der Waals surface area (Å²) >= 11 is 2.00. The number of fused-ring (bicyclic) bond motifs is 1. The number of benzene rings is 1. The van der Waals surface area contributed by atoms with Crippen LogP contribution in [0.4, 0.5) is 0 Å². The number of hydrogen-bond acceptors (Lipinski definition) is 3. The van der Waals surface area contributed by atoms with Crippen LogP contribution in [0.2, 0.25) is 0 Å². The van der Waals surface area contributed by atoms with E-state index in [4.69, 9.17) is 4.74 Å². The van der Waals surface area contributed by atoms with Crippen LogP contribution in [0.5, 0.6) is 5.75 Å². The highest BCUT2D eigenvalue weighted by Gasteiger charge is 2.17. The minimum atomic E-state index is 0.457. The van der Waals surface area contributed by atoms with Crippen molar-refractivity contribution in [1.82, 2.24) is 5.32 Å². The molecule has 2 nitrogen and oxygen atoms in total. The highest BCUT2D eigenvalue weighted by Crippen LogP contribution is 2.29. The van der Waals surface area contributed by atoms with Crippen LogP contribution in [0.15, 0.2) is 18.2 Å². The molecule has 0 radical (unpaired) electrons. The molecule has 1 aromatic rings. The van der Waals surface area contributed by atoms with Crippen molar-refractivity contribution in [3.05, 3.63) is 29.3 Å². The van der Waals surface area contributed by atoms with Gasteiger partial charge in [-0.25, -0.2) is 0 Å². The van der Waals surface area contributed by atoms with Gasteiger partial charge in [-0.15, -0.1) is 0 Å². The van der Waals surface area contributed by atoms with Gasteiger partial charge in [0.05, 0.1) is 6.61 Å². The van der Waals surface area contributed by atoms with Crippen LogP contribution in [0.3, 0.4) is 0 Å². The highest BCUT2D eigenvalue weighted by atomic mass is 32.2. The molecule has 0 saturated carbocycles. The van der Waals surface area contributed by atoms with E-state index in [1.165, 1.54) is 22.6 Å². The molecule has 2 atom stereocenters. The lowest BCUT2D eigenvalue weighted by molar-refractivity contribution is 0.356. The fourth-order valence-electron chi connectivity index (χ4n) is 2.56. The second-order valence-corrected chi connectivity index (χ2v) is 6.47. The first-order valence-corrected chi connectivity index (χ1v) is 8.49. The third-order valence-corrected chi connectivity index (χ3v) is 4.73. The zero-order valence-corrected chi connectivity index (χ0v) is 13.1. The van der Waals surface area contributed by atoms with Crippen molar-refractivity contribution in [3.8, 4) is 5.75 Å². The first-order chi connectivity index (χ1) is 9.24. The Morgan fingerprint density at radius 2 is 2.21 bits per heavy atom. The Balaban J connectivity index is 2.00. The van der Waals surface area contributed by atoms with Crippen LogP contribution in [-0.2, 0) is 6.42 Å². The highest BCUT2D eigenvalue weighted by molar-refractivity contribution is 7.99. The number of rotatable bonds is 7. The number of ether oxygens (including phenoxy) is 1. The molecule has 106 valence electrons. The van der Waals surface area contributed by atoms with E-state index in [9.17, 15) is 0 Å². The Morgan fingerprint density at radius 3 is 2.95 bits per heavy atom. The predicted octanol–water partition coefficient (Wildman–Crippen LogP) is 3.80. The summed E-state index contributed by atoms with van der Waals surface area (Å²) < 4.78 is 5.58. The van der Waals surface area contributed by atoms with Crippen LogP contribution in [-0.4, -0.2) is 24.2 Å². The van der Waals surface area contributed by atoms with E-state index in [-0.39, 0.29) is 0 Å². The van der Waals surface area contributed by atoms with Crippen molar-refractivity contribution >= 4 is 11.8 Å². The van der Waals surface area contributed by atoms with Gasteiger partial charge in [0.15, 0.2) is 0 Å². The molecular weight excluding hydrogens is 254 g/mol. The number of thioether (sulfide) groups is 1. The SMILES string of the molecule is CCSCC(C)NC(CC)c1ccc2c(c1)CCO2. The van der Waals surface area contributed by atoms with Gasteiger partial charge in [0.1, 0.15) is 5.75 Å². The molecule has 2 unspecified atom stereocenters. The fourth-order valence-corrected chi connectivity index (χ4v) is 3.24. The standard InChI is InChI=1S/C16H25NOS/c1-4-15(17-12(3)11-19-5-2)13-6-7-16-14(10-13)8-9-18-16/h6-7,10,12,15,17H,4-5,8-9,11H2,1-3H3. The molecule has 1 aromatic carbocycles. The topological polar surface area (TPSA) is 21.3 Å². The molecule has 1 heterocycles. The van der Waals surface area contributed by atoms with Gasteiger partial charge in [-0.2, -0.15) is 11.8 Å². The van der Waals surface area contributed by atoms with E-state index in [1.54, 1.807) is 0 Å². The molecule has 0 aromatic heterocycles. The van der Waals surface area contributed by atoms with E-state index in [1.807, 2.05) is 11.8 Å². The van der Waals surface area contributed by atoms with E-state index in [0.717, 1.165) is 25.2 Å². The van der Waals surface area contributed by atoms with Crippen LogP contribution in [0.1, 0.15) is 44.4 Å². The lowest BCUT2D eigenvalue weighted by Gasteiger charge is -2.23. The van der Waals surface area contributed by atoms with E-state index < -0.39 is 0 Å². The zero-order valence-electron chi connectivity index (χ0n) is 12.2. The second kappa shape index (κ2) is 7.20. The van der Waals surface area contributed by atoms with Crippen molar-refractivity contribution in [2.24, 2.45) is 0 Å². The van der Waals surface area contributed by atoms with Gasteiger partial charge >= 0.3 is 0 Å². The monoisotopic (exact) mass is 279 g/mol. The average molecular weight is 279 g/mol. The maximum absolute atomic E-state index is 5.58. The van der Waals surface area contributed by atoms with Crippen molar-refractivity contribution in [2.75, 3.05) is 18.1 Å². The van der Waals surface area contributed by atoms with Crippen LogP contribution in [0.25, 0.3) is 0 Å². The molecule has 3 heteroatoms. The Kier molecular flexibility index (Phi) is 5.59.